The molecule has 1 unspecified atom stereocenters. The Kier molecular flexibility index (Phi) is 2.08. The molecule has 0 aromatic heterocycles. The molecular formula is C8H13NO3. The summed E-state index contributed by atoms with van der Waals surface area (Å²) in [7, 11) is 1.33. The first-order valence-corrected chi connectivity index (χ1v) is 3.86. The number of ether oxygens (including phenoxy) is 1. The molecule has 0 aliphatic carbocycles. The van der Waals surface area contributed by atoms with Crippen molar-refractivity contribution in [1.82, 2.24) is 5.32 Å². The number of carbonyl (C=O) groups is 2. The highest BCUT2D eigenvalue weighted by atomic mass is 16.5. The third-order valence-corrected chi connectivity index (χ3v) is 2.21. The van der Waals surface area contributed by atoms with E-state index in [0.29, 0.717) is 0 Å². The van der Waals surface area contributed by atoms with Gasteiger partial charge in [0.15, 0.2) is 0 Å². The van der Waals surface area contributed by atoms with E-state index in [4.69, 9.17) is 0 Å². The van der Waals surface area contributed by atoms with E-state index in [9.17, 15) is 9.59 Å². The van der Waals surface area contributed by atoms with Crippen molar-refractivity contribution < 1.29 is 14.3 Å². The van der Waals surface area contributed by atoms with E-state index in [0.717, 1.165) is 0 Å². The van der Waals surface area contributed by atoms with Gasteiger partial charge in [0, 0.05) is 12.0 Å². The molecular weight excluding hydrogens is 158 g/mol. The number of carbonyl (C=O) groups excluding carboxylic acids is 2. The van der Waals surface area contributed by atoms with Gasteiger partial charge in [-0.15, -0.1) is 0 Å². The van der Waals surface area contributed by atoms with Crippen LogP contribution in [0.4, 0.5) is 0 Å². The highest BCUT2D eigenvalue weighted by Crippen LogP contribution is 2.27. The average molecular weight is 171 g/mol. The van der Waals surface area contributed by atoms with E-state index in [-0.39, 0.29) is 24.2 Å². The van der Waals surface area contributed by atoms with Gasteiger partial charge >= 0.3 is 5.97 Å². The van der Waals surface area contributed by atoms with Gasteiger partial charge in [-0.3, -0.25) is 9.59 Å². The second-order valence-electron chi connectivity index (χ2n) is 3.55. The number of nitrogens with one attached hydrogen (secondary N) is 1. The minimum absolute atomic E-state index is 0.0876. The molecule has 0 aromatic rings. The average Bonchev–Trinajstić information content (AvgIpc) is 2.23. The Hall–Kier alpha value is -1.06. The third kappa shape index (κ3) is 1.42. The SMILES string of the molecule is COC(=O)C1CC(=O)NC1(C)C. The van der Waals surface area contributed by atoms with Crippen molar-refractivity contribution in [2.75, 3.05) is 7.11 Å². The topological polar surface area (TPSA) is 55.4 Å². The Morgan fingerprint density at radius 1 is 1.67 bits per heavy atom. The van der Waals surface area contributed by atoms with Crippen LogP contribution in [0.5, 0.6) is 0 Å². The summed E-state index contributed by atoms with van der Waals surface area (Å²) < 4.78 is 4.59. The lowest BCUT2D eigenvalue weighted by atomic mass is 9.89. The first-order chi connectivity index (χ1) is 5.47. The van der Waals surface area contributed by atoms with Crippen LogP contribution in [0.2, 0.25) is 0 Å². The zero-order valence-electron chi connectivity index (χ0n) is 7.51. The second-order valence-corrected chi connectivity index (χ2v) is 3.55. The summed E-state index contributed by atoms with van der Waals surface area (Å²) in [5, 5.41) is 2.72. The Balaban J connectivity index is 2.78. The van der Waals surface area contributed by atoms with Gasteiger partial charge in [-0.1, -0.05) is 0 Å². The third-order valence-electron chi connectivity index (χ3n) is 2.21. The lowest BCUT2D eigenvalue weighted by molar-refractivity contribution is -0.147. The fourth-order valence-corrected chi connectivity index (χ4v) is 1.46. The predicted octanol–water partition coefficient (Wildman–Crippen LogP) is 0.0741. The molecule has 1 rings (SSSR count). The zero-order valence-corrected chi connectivity index (χ0v) is 7.51. The molecule has 0 spiro atoms. The van der Waals surface area contributed by atoms with Crippen LogP contribution in [0.15, 0.2) is 0 Å². The summed E-state index contributed by atoms with van der Waals surface area (Å²) in [6, 6.07) is 0. The molecule has 1 aliphatic rings. The number of methoxy groups -OCH3 is 1. The molecule has 0 bridgehead atoms. The van der Waals surface area contributed by atoms with Crippen molar-refractivity contribution in [1.29, 1.82) is 0 Å². The lowest BCUT2D eigenvalue weighted by Gasteiger charge is -2.23. The first kappa shape index (κ1) is 9.03. The predicted molar refractivity (Wildman–Crippen MR) is 42.3 cm³/mol. The maximum atomic E-state index is 11.2. The van der Waals surface area contributed by atoms with Crippen LogP contribution in [-0.4, -0.2) is 24.5 Å². The van der Waals surface area contributed by atoms with Crippen LogP contribution in [0.25, 0.3) is 0 Å². The quantitative estimate of drug-likeness (QED) is 0.568. The highest BCUT2D eigenvalue weighted by Gasteiger charge is 2.44. The van der Waals surface area contributed by atoms with E-state index in [1.807, 2.05) is 13.8 Å². The van der Waals surface area contributed by atoms with Gasteiger partial charge < -0.3 is 10.1 Å². The lowest BCUT2D eigenvalue weighted by Crippen LogP contribution is -2.42. The van der Waals surface area contributed by atoms with Gasteiger partial charge in [-0.05, 0) is 13.8 Å². The van der Waals surface area contributed by atoms with E-state index in [2.05, 4.69) is 10.1 Å². The zero-order chi connectivity index (χ0) is 9.35. The molecule has 1 amide bonds. The Bertz CT molecular complexity index is 222. The molecule has 1 fully saturated rings. The molecule has 0 radical (unpaired) electrons. The summed E-state index contributed by atoms with van der Waals surface area (Å²) in [5.41, 5.74) is -0.468. The summed E-state index contributed by atoms with van der Waals surface area (Å²) in [4.78, 5) is 22.1. The summed E-state index contributed by atoms with van der Waals surface area (Å²) in [5.74, 6) is -0.760. The van der Waals surface area contributed by atoms with E-state index in [1.165, 1.54) is 7.11 Å². The molecule has 1 N–H and O–H groups in total. The van der Waals surface area contributed by atoms with Gasteiger partial charge in [0.1, 0.15) is 0 Å². The molecule has 12 heavy (non-hydrogen) atoms. The number of hydrogen-bond acceptors (Lipinski definition) is 3. The Morgan fingerprint density at radius 3 is 2.58 bits per heavy atom. The minimum Gasteiger partial charge on any atom is -0.469 e. The van der Waals surface area contributed by atoms with Gasteiger partial charge in [-0.25, -0.2) is 0 Å². The number of rotatable bonds is 1. The van der Waals surface area contributed by atoms with Crippen molar-refractivity contribution in [2.24, 2.45) is 5.92 Å². The van der Waals surface area contributed by atoms with Gasteiger partial charge in [0.25, 0.3) is 0 Å². The van der Waals surface area contributed by atoms with Crippen molar-refractivity contribution in [3.8, 4) is 0 Å². The van der Waals surface area contributed by atoms with Crippen LogP contribution < -0.4 is 5.32 Å². The van der Waals surface area contributed by atoms with E-state index < -0.39 is 5.54 Å². The fraction of sp³-hybridized carbons (Fsp3) is 0.750. The highest BCUT2D eigenvalue weighted by molar-refractivity contribution is 5.88. The maximum Gasteiger partial charge on any atom is 0.311 e. The van der Waals surface area contributed by atoms with Crippen molar-refractivity contribution >= 4 is 11.9 Å². The van der Waals surface area contributed by atoms with Crippen LogP contribution >= 0.6 is 0 Å². The molecule has 0 aromatic carbocycles. The maximum absolute atomic E-state index is 11.2. The monoisotopic (exact) mass is 171 g/mol. The number of hydrogen-bond donors (Lipinski definition) is 1. The Labute approximate surface area is 71.3 Å². The second kappa shape index (κ2) is 2.77. The van der Waals surface area contributed by atoms with Gasteiger partial charge in [0.05, 0.1) is 13.0 Å². The molecule has 1 saturated heterocycles. The van der Waals surface area contributed by atoms with Crippen LogP contribution in [0.1, 0.15) is 20.3 Å². The largest absolute Gasteiger partial charge is 0.469 e. The van der Waals surface area contributed by atoms with Gasteiger partial charge in [0.2, 0.25) is 5.91 Å². The van der Waals surface area contributed by atoms with Crippen LogP contribution in [0.3, 0.4) is 0 Å². The summed E-state index contributed by atoms with van der Waals surface area (Å²) >= 11 is 0. The molecule has 4 heteroatoms. The smallest absolute Gasteiger partial charge is 0.311 e. The molecule has 68 valence electrons. The van der Waals surface area contributed by atoms with Gasteiger partial charge in [-0.2, -0.15) is 0 Å². The normalized spacial score (nSPS) is 26.6. The van der Waals surface area contributed by atoms with E-state index in [1.54, 1.807) is 0 Å². The number of amides is 1. The minimum atomic E-state index is -0.468. The van der Waals surface area contributed by atoms with E-state index >= 15 is 0 Å². The fourth-order valence-electron chi connectivity index (χ4n) is 1.46. The molecule has 1 aliphatic heterocycles. The molecule has 1 atom stereocenters. The number of esters is 1. The first-order valence-electron chi connectivity index (χ1n) is 3.86. The van der Waals surface area contributed by atoms with Crippen molar-refractivity contribution in [3.63, 3.8) is 0 Å². The molecule has 0 saturated carbocycles. The van der Waals surface area contributed by atoms with Crippen LogP contribution in [0, 0.1) is 5.92 Å². The van der Waals surface area contributed by atoms with Crippen molar-refractivity contribution in [3.05, 3.63) is 0 Å². The molecule has 1 heterocycles. The Morgan fingerprint density at radius 2 is 2.25 bits per heavy atom. The summed E-state index contributed by atoms with van der Waals surface area (Å²) in [6.07, 6.45) is 0.236. The van der Waals surface area contributed by atoms with Crippen LogP contribution in [-0.2, 0) is 14.3 Å². The molecule has 4 nitrogen and oxygen atoms in total. The van der Waals surface area contributed by atoms with Crippen molar-refractivity contribution in [2.45, 2.75) is 25.8 Å². The standard InChI is InChI=1S/C8H13NO3/c1-8(2)5(7(11)12-3)4-6(10)9-8/h5H,4H2,1-3H3,(H,9,10). The summed E-state index contributed by atoms with van der Waals surface area (Å²) in [6.45, 7) is 3.64.